The molecule has 0 aromatic heterocycles. The number of fused-ring (bicyclic) bond motifs is 1. The smallest absolute Gasteiger partial charge is 0.337 e. The van der Waals surface area contributed by atoms with E-state index in [1.54, 1.807) is 24.3 Å². The van der Waals surface area contributed by atoms with Gasteiger partial charge in [0.1, 0.15) is 11.9 Å². The first-order chi connectivity index (χ1) is 14.0. The van der Waals surface area contributed by atoms with E-state index in [1.165, 1.54) is 12.7 Å². The van der Waals surface area contributed by atoms with Crippen LogP contribution in [0.3, 0.4) is 0 Å². The second kappa shape index (κ2) is 8.74. The van der Waals surface area contributed by atoms with Crippen molar-refractivity contribution >= 4 is 17.6 Å². The molecule has 6 heteroatoms. The summed E-state index contributed by atoms with van der Waals surface area (Å²) in [6.45, 7) is 2.88. The third kappa shape index (κ3) is 4.74. The van der Waals surface area contributed by atoms with Gasteiger partial charge in [-0.15, -0.1) is 0 Å². The molecule has 5 nitrogen and oxygen atoms in total. The van der Waals surface area contributed by atoms with E-state index in [0.29, 0.717) is 23.1 Å². The Labute approximate surface area is 176 Å². The molecule has 2 aromatic rings. The minimum absolute atomic E-state index is 0.230. The molecule has 1 saturated heterocycles. The number of carbonyl (C=O) groups excluding carboxylic acids is 1. The van der Waals surface area contributed by atoms with Crippen LogP contribution < -0.4 is 4.74 Å². The number of hydrogen-bond donors (Lipinski definition) is 1. The van der Waals surface area contributed by atoms with E-state index in [-0.39, 0.29) is 12.1 Å². The Morgan fingerprint density at radius 3 is 2.55 bits per heavy atom. The van der Waals surface area contributed by atoms with Gasteiger partial charge >= 0.3 is 5.97 Å². The molecule has 0 unspecified atom stereocenters. The minimum Gasteiger partial charge on any atom is -0.488 e. The molecule has 1 saturated carbocycles. The molecule has 1 aliphatic heterocycles. The molecule has 1 aliphatic carbocycles. The number of likely N-dealkylation sites (tertiary alicyclic amines) is 1. The summed E-state index contributed by atoms with van der Waals surface area (Å²) in [5.41, 5.74) is 1.70. The summed E-state index contributed by atoms with van der Waals surface area (Å²) in [7, 11) is 1.36. The number of benzene rings is 2. The predicted octanol–water partition coefficient (Wildman–Crippen LogP) is 3.78. The SMILES string of the molecule is COC(=O)c1ccc(O[C@@H]2C[C@@H]3CN(Cc4cccc(Cl)c4)C[C@@H]3C[C@H]2O)cc1. The number of carbonyl (C=O) groups is 1. The zero-order valence-corrected chi connectivity index (χ0v) is 17.2. The van der Waals surface area contributed by atoms with Crippen LogP contribution in [0.1, 0.15) is 28.8 Å². The summed E-state index contributed by atoms with van der Waals surface area (Å²) in [5.74, 6) is 1.29. The average Bonchev–Trinajstić information content (AvgIpc) is 3.09. The molecule has 1 heterocycles. The average molecular weight is 416 g/mol. The lowest BCUT2D eigenvalue weighted by Crippen LogP contribution is -2.42. The van der Waals surface area contributed by atoms with Crippen LogP contribution in [0, 0.1) is 11.8 Å². The Morgan fingerprint density at radius 1 is 1.14 bits per heavy atom. The quantitative estimate of drug-likeness (QED) is 0.753. The number of aliphatic hydroxyl groups excluding tert-OH is 1. The van der Waals surface area contributed by atoms with E-state index >= 15 is 0 Å². The summed E-state index contributed by atoms with van der Waals surface area (Å²) in [6, 6.07) is 14.9. The number of esters is 1. The monoisotopic (exact) mass is 415 g/mol. The van der Waals surface area contributed by atoms with Gasteiger partial charge in [0, 0.05) is 24.7 Å². The fraction of sp³-hybridized carbons (Fsp3) is 0.435. The first kappa shape index (κ1) is 20.2. The van der Waals surface area contributed by atoms with Gasteiger partial charge in [0.2, 0.25) is 0 Å². The van der Waals surface area contributed by atoms with Gasteiger partial charge in [-0.2, -0.15) is 0 Å². The van der Waals surface area contributed by atoms with Crippen LogP contribution in [0.5, 0.6) is 5.75 Å². The first-order valence-corrected chi connectivity index (χ1v) is 10.4. The van der Waals surface area contributed by atoms with E-state index < -0.39 is 6.10 Å². The van der Waals surface area contributed by atoms with Crippen molar-refractivity contribution in [3.05, 3.63) is 64.7 Å². The van der Waals surface area contributed by atoms with E-state index in [4.69, 9.17) is 21.1 Å². The Kier molecular flexibility index (Phi) is 6.09. The molecule has 0 radical (unpaired) electrons. The van der Waals surface area contributed by atoms with Crippen LogP contribution in [0.25, 0.3) is 0 Å². The van der Waals surface area contributed by atoms with Gasteiger partial charge < -0.3 is 14.6 Å². The van der Waals surface area contributed by atoms with Crippen LogP contribution in [-0.2, 0) is 11.3 Å². The number of ether oxygens (including phenoxy) is 2. The maximum absolute atomic E-state index is 11.6. The maximum Gasteiger partial charge on any atom is 0.337 e. The van der Waals surface area contributed by atoms with Crippen molar-refractivity contribution in [1.82, 2.24) is 4.90 Å². The largest absolute Gasteiger partial charge is 0.488 e. The molecule has 1 N–H and O–H groups in total. The topological polar surface area (TPSA) is 59.0 Å². The molecule has 4 atom stereocenters. The molecule has 2 fully saturated rings. The molecule has 4 rings (SSSR count). The summed E-state index contributed by atoms with van der Waals surface area (Å²) >= 11 is 6.11. The van der Waals surface area contributed by atoms with Crippen molar-refractivity contribution in [2.45, 2.75) is 31.6 Å². The van der Waals surface area contributed by atoms with Crippen LogP contribution >= 0.6 is 11.6 Å². The highest BCUT2D eigenvalue weighted by molar-refractivity contribution is 6.30. The van der Waals surface area contributed by atoms with E-state index in [0.717, 1.165) is 37.5 Å². The van der Waals surface area contributed by atoms with Gasteiger partial charge in [-0.1, -0.05) is 23.7 Å². The number of nitrogens with zero attached hydrogens (tertiary/aromatic N) is 1. The maximum atomic E-state index is 11.6. The van der Waals surface area contributed by atoms with Gasteiger partial charge in [0.25, 0.3) is 0 Å². The van der Waals surface area contributed by atoms with Gasteiger partial charge in [-0.05, 0) is 66.6 Å². The highest BCUT2D eigenvalue weighted by Gasteiger charge is 2.42. The molecule has 154 valence electrons. The second-order valence-corrected chi connectivity index (χ2v) is 8.49. The molecule has 0 spiro atoms. The predicted molar refractivity (Wildman–Crippen MR) is 111 cm³/mol. The number of methoxy groups -OCH3 is 1. The third-order valence-corrected chi connectivity index (χ3v) is 6.25. The van der Waals surface area contributed by atoms with Gasteiger partial charge in [-0.3, -0.25) is 4.90 Å². The summed E-state index contributed by atoms with van der Waals surface area (Å²) in [4.78, 5) is 14.0. The standard InChI is InChI=1S/C23H26ClNO4/c1-28-23(27)16-5-7-20(8-6-16)29-22-11-18-14-25(13-17(18)10-21(22)26)12-15-3-2-4-19(24)9-15/h2-9,17-18,21-22,26H,10-14H2,1H3/t17-,18+,21+,22+/m0/s1. The molecule has 0 amide bonds. The number of rotatable bonds is 5. The van der Waals surface area contributed by atoms with Crippen molar-refractivity contribution in [1.29, 1.82) is 0 Å². The molecular formula is C23H26ClNO4. The lowest BCUT2D eigenvalue weighted by Gasteiger charge is -2.35. The Hall–Kier alpha value is -2.08. The summed E-state index contributed by atoms with van der Waals surface area (Å²) in [5, 5.41) is 11.4. The minimum atomic E-state index is -0.484. The number of halogens is 1. The van der Waals surface area contributed by atoms with Crippen LogP contribution in [0.4, 0.5) is 0 Å². The molecule has 2 aliphatic rings. The fourth-order valence-electron chi connectivity index (χ4n) is 4.60. The lowest BCUT2D eigenvalue weighted by molar-refractivity contribution is -0.0231. The number of aliphatic hydroxyl groups is 1. The molecule has 2 aromatic carbocycles. The second-order valence-electron chi connectivity index (χ2n) is 8.06. The molecule has 0 bridgehead atoms. The van der Waals surface area contributed by atoms with E-state index in [2.05, 4.69) is 11.0 Å². The van der Waals surface area contributed by atoms with Crippen LogP contribution in [0.15, 0.2) is 48.5 Å². The zero-order valence-electron chi connectivity index (χ0n) is 16.5. The third-order valence-electron chi connectivity index (χ3n) is 6.02. The van der Waals surface area contributed by atoms with Crippen molar-refractivity contribution in [2.75, 3.05) is 20.2 Å². The van der Waals surface area contributed by atoms with Crippen LogP contribution in [0.2, 0.25) is 5.02 Å². The van der Waals surface area contributed by atoms with Gasteiger partial charge in [0.05, 0.1) is 18.8 Å². The fourth-order valence-corrected chi connectivity index (χ4v) is 4.81. The lowest BCUT2D eigenvalue weighted by atomic mass is 9.78. The normalized spacial score (nSPS) is 26.7. The highest BCUT2D eigenvalue weighted by atomic mass is 35.5. The Morgan fingerprint density at radius 2 is 1.86 bits per heavy atom. The van der Waals surface area contributed by atoms with Gasteiger partial charge in [0.15, 0.2) is 0 Å². The Bertz CT molecular complexity index is 856. The van der Waals surface area contributed by atoms with Gasteiger partial charge in [-0.25, -0.2) is 4.79 Å². The van der Waals surface area contributed by atoms with Crippen molar-refractivity contribution < 1.29 is 19.4 Å². The zero-order chi connectivity index (χ0) is 20.4. The molecular weight excluding hydrogens is 390 g/mol. The van der Waals surface area contributed by atoms with E-state index in [1.807, 2.05) is 18.2 Å². The van der Waals surface area contributed by atoms with Crippen molar-refractivity contribution in [3.8, 4) is 5.75 Å². The Balaban J connectivity index is 1.36. The summed E-state index contributed by atoms with van der Waals surface area (Å²) < 4.78 is 10.8. The first-order valence-electron chi connectivity index (χ1n) is 10.0. The summed E-state index contributed by atoms with van der Waals surface area (Å²) in [6.07, 6.45) is 0.868. The van der Waals surface area contributed by atoms with Crippen LogP contribution in [-0.4, -0.2) is 48.4 Å². The van der Waals surface area contributed by atoms with Crippen molar-refractivity contribution in [3.63, 3.8) is 0 Å². The molecule has 29 heavy (non-hydrogen) atoms. The highest BCUT2D eigenvalue weighted by Crippen LogP contribution is 2.38. The van der Waals surface area contributed by atoms with Crippen molar-refractivity contribution in [2.24, 2.45) is 11.8 Å². The van der Waals surface area contributed by atoms with E-state index in [9.17, 15) is 9.90 Å². The number of hydrogen-bond acceptors (Lipinski definition) is 5.